The molecule has 1 N–H and O–H groups in total. The summed E-state index contributed by atoms with van der Waals surface area (Å²) in [4.78, 5) is 31.2. The Bertz CT molecular complexity index is 759. The zero-order chi connectivity index (χ0) is 17.1. The number of hydrogen-bond donors (Lipinski definition) is 1. The van der Waals surface area contributed by atoms with Crippen molar-refractivity contribution in [1.29, 1.82) is 0 Å². The Hall–Kier alpha value is -2.15. The van der Waals surface area contributed by atoms with Crippen LogP contribution in [0.4, 0.5) is 0 Å². The molecule has 0 atom stereocenters. The molecule has 0 aliphatic rings. The zero-order valence-electron chi connectivity index (χ0n) is 14.3. The van der Waals surface area contributed by atoms with Crippen LogP contribution in [0.3, 0.4) is 0 Å². The number of rotatable bonds is 6. The number of nitrogens with zero attached hydrogens (tertiary/aromatic N) is 3. The fourth-order valence-electron chi connectivity index (χ4n) is 2.42. The number of fused-ring (bicyclic) bond motifs is 1. The Morgan fingerprint density at radius 2 is 2.13 bits per heavy atom. The summed E-state index contributed by atoms with van der Waals surface area (Å²) in [6.45, 7) is 7.48. The van der Waals surface area contributed by atoms with Gasteiger partial charge in [-0.2, -0.15) is 0 Å². The van der Waals surface area contributed by atoms with Crippen molar-refractivity contribution in [2.24, 2.45) is 5.92 Å². The minimum absolute atomic E-state index is 0.213. The third kappa shape index (κ3) is 3.79. The molecule has 0 radical (unpaired) electrons. The summed E-state index contributed by atoms with van der Waals surface area (Å²) in [7, 11) is 3.86. The Labute approximate surface area is 135 Å². The number of hydrogen-bond acceptors (Lipinski definition) is 5. The van der Waals surface area contributed by atoms with Gasteiger partial charge in [0.2, 0.25) is 5.71 Å². The first kappa shape index (κ1) is 17.2. The second-order valence-electron chi connectivity index (χ2n) is 6.37. The molecule has 2 heterocycles. The molecule has 0 aromatic carbocycles. The number of likely N-dealkylation sites (N-methyl/N-ethyl adjacent to an activating group) is 1. The van der Waals surface area contributed by atoms with Gasteiger partial charge in [-0.3, -0.25) is 14.2 Å². The molecule has 7 nitrogen and oxygen atoms in total. The van der Waals surface area contributed by atoms with Crippen molar-refractivity contribution < 1.29 is 9.21 Å². The summed E-state index contributed by atoms with van der Waals surface area (Å²) in [5.41, 5.74) is 0.262. The van der Waals surface area contributed by atoms with Crippen LogP contribution in [-0.4, -0.2) is 47.5 Å². The van der Waals surface area contributed by atoms with Gasteiger partial charge in [-0.05, 0) is 26.9 Å². The topological polar surface area (TPSA) is 80.4 Å². The van der Waals surface area contributed by atoms with Gasteiger partial charge >= 0.3 is 0 Å². The summed E-state index contributed by atoms with van der Waals surface area (Å²) >= 11 is 0. The van der Waals surface area contributed by atoms with Gasteiger partial charge in [-0.25, -0.2) is 4.98 Å². The van der Waals surface area contributed by atoms with Gasteiger partial charge in [0.1, 0.15) is 17.5 Å². The molecule has 0 aliphatic carbocycles. The molecular formula is C16H24N4O3. The maximum absolute atomic E-state index is 12.7. The number of carbonyl (C=O) groups excluding carboxylic acids is 1. The van der Waals surface area contributed by atoms with E-state index in [2.05, 4.69) is 10.3 Å². The molecule has 7 heteroatoms. The van der Waals surface area contributed by atoms with E-state index < -0.39 is 0 Å². The number of amides is 1. The Morgan fingerprint density at radius 1 is 1.43 bits per heavy atom. The van der Waals surface area contributed by atoms with E-state index in [-0.39, 0.29) is 28.1 Å². The summed E-state index contributed by atoms with van der Waals surface area (Å²) < 4.78 is 7.02. The lowest BCUT2D eigenvalue weighted by atomic mass is 10.1. The van der Waals surface area contributed by atoms with Gasteiger partial charge in [-0.1, -0.05) is 13.8 Å². The maximum Gasteiger partial charge on any atom is 0.265 e. The van der Waals surface area contributed by atoms with E-state index in [1.165, 1.54) is 10.9 Å². The minimum atomic E-state index is -0.302. The van der Waals surface area contributed by atoms with Crippen molar-refractivity contribution in [2.75, 3.05) is 27.2 Å². The predicted molar refractivity (Wildman–Crippen MR) is 88.7 cm³/mol. The van der Waals surface area contributed by atoms with Gasteiger partial charge in [0.25, 0.3) is 11.5 Å². The van der Waals surface area contributed by atoms with Crippen molar-refractivity contribution in [3.8, 4) is 0 Å². The van der Waals surface area contributed by atoms with Crippen molar-refractivity contribution in [3.63, 3.8) is 0 Å². The maximum atomic E-state index is 12.7. The third-order valence-electron chi connectivity index (χ3n) is 3.49. The van der Waals surface area contributed by atoms with Crippen LogP contribution in [0.1, 0.15) is 30.0 Å². The van der Waals surface area contributed by atoms with E-state index in [9.17, 15) is 9.59 Å². The van der Waals surface area contributed by atoms with Crippen LogP contribution in [-0.2, 0) is 6.54 Å². The molecule has 0 spiro atoms. The fraction of sp³-hybridized carbons (Fsp3) is 0.562. The summed E-state index contributed by atoms with van der Waals surface area (Å²) in [5.74, 6) is 0.413. The Morgan fingerprint density at radius 3 is 2.74 bits per heavy atom. The Kier molecular flexibility index (Phi) is 5.20. The van der Waals surface area contributed by atoms with Crippen molar-refractivity contribution in [3.05, 3.63) is 28.0 Å². The average Bonchev–Trinajstić information content (AvgIpc) is 2.78. The van der Waals surface area contributed by atoms with Crippen molar-refractivity contribution >= 4 is 17.0 Å². The lowest BCUT2D eigenvalue weighted by molar-refractivity contribution is 0.0951. The molecule has 2 aromatic heterocycles. The van der Waals surface area contributed by atoms with Gasteiger partial charge in [0.05, 0.1) is 5.56 Å². The van der Waals surface area contributed by atoms with Crippen LogP contribution in [0.25, 0.3) is 11.1 Å². The molecule has 2 rings (SSSR count). The van der Waals surface area contributed by atoms with E-state index in [0.717, 1.165) is 6.54 Å². The first-order valence-electron chi connectivity index (χ1n) is 7.72. The first-order chi connectivity index (χ1) is 10.8. The molecule has 126 valence electrons. The van der Waals surface area contributed by atoms with Crippen LogP contribution >= 0.6 is 0 Å². The predicted octanol–water partition coefficient (Wildman–Crippen LogP) is 1.25. The molecule has 0 fully saturated rings. The molecule has 23 heavy (non-hydrogen) atoms. The van der Waals surface area contributed by atoms with Gasteiger partial charge in [0.15, 0.2) is 0 Å². The molecule has 0 bridgehead atoms. The quantitative estimate of drug-likeness (QED) is 0.866. The highest BCUT2D eigenvalue weighted by Crippen LogP contribution is 2.20. The zero-order valence-corrected chi connectivity index (χ0v) is 14.3. The van der Waals surface area contributed by atoms with Crippen LogP contribution in [0.2, 0.25) is 0 Å². The summed E-state index contributed by atoms with van der Waals surface area (Å²) in [6, 6.07) is 0. The lowest BCUT2D eigenvalue weighted by Gasteiger charge is -2.10. The number of carbonyl (C=O) groups is 1. The van der Waals surface area contributed by atoms with Crippen molar-refractivity contribution in [1.82, 2.24) is 19.8 Å². The van der Waals surface area contributed by atoms with Gasteiger partial charge < -0.3 is 14.6 Å². The SMILES string of the molecule is Cc1oc2ncn(CC(C)C)c(=O)c2c1C(=O)NCCN(C)C. The summed E-state index contributed by atoms with van der Waals surface area (Å²) in [6.07, 6.45) is 1.47. The second kappa shape index (κ2) is 6.95. The highest BCUT2D eigenvalue weighted by Gasteiger charge is 2.22. The monoisotopic (exact) mass is 320 g/mol. The Balaban J connectivity index is 2.40. The van der Waals surface area contributed by atoms with E-state index in [0.29, 0.717) is 24.8 Å². The highest BCUT2D eigenvalue weighted by atomic mass is 16.3. The fourth-order valence-corrected chi connectivity index (χ4v) is 2.42. The number of aryl methyl sites for hydroxylation is 1. The van der Waals surface area contributed by atoms with Crippen LogP contribution in [0, 0.1) is 12.8 Å². The molecular weight excluding hydrogens is 296 g/mol. The lowest BCUT2D eigenvalue weighted by Crippen LogP contribution is -2.32. The largest absolute Gasteiger partial charge is 0.442 e. The summed E-state index contributed by atoms with van der Waals surface area (Å²) in [5, 5.41) is 3.08. The second-order valence-corrected chi connectivity index (χ2v) is 6.37. The number of furan rings is 1. The molecule has 0 unspecified atom stereocenters. The standard InChI is InChI=1S/C16H24N4O3/c1-10(2)8-20-9-18-15-13(16(20)22)12(11(3)23-15)14(21)17-6-7-19(4)5/h9-10H,6-8H2,1-5H3,(H,17,21). The number of aromatic nitrogens is 2. The smallest absolute Gasteiger partial charge is 0.265 e. The molecule has 2 aromatic rings. The molecule has 1 amide bonds. The van der Waals surface area contributed by atoms with E-state index in [4.69, 9.17) is 4.42 Å². The van der Waals surface area contributed by atoms with Gasteiger partial charge in [-0.15, -0.1) is 0 Å². The third-order valence-corrected chi connectivity index (χ3v) is 3.49. The normalized spacial score (nSPS) is 11.6. The van der Waals surface area contributed by atoms with E-state index in [1.54, 1.807) is 6.92 Å². The van der Waals surface area contributed by atoms with Crippen LogP contribution < -0.4 is 10.9 Å². The first-order valence-corrected chi connectivity index (χ1v) is 7.72. The van der Waals surface area contributed by atoms with E-state index in [1.807, 2.05) is 32.8 Å². The van der Waals surface area contributed by atoms with Crippen LogP contribution in [0.5, 0.6) is 0 Å². The van der Waals surface area contributed by atoms with Crippen LogP contribution in [0.15, 0.2) is 15.5 Å². The molecule has 0 aliphatic heterocycles. The molecule has 0 saturated carbocycles. The van der Waals surface area contributed by atoms with E-state index >= 15 is 0 Å². The minimum Gasteiger partial charge on any atom is -0.442 e. The number of nitrogens with one attached hydrogen (secondary N) is 1. The van der Waals surface area contributed by atoms with Gasteiger partial charge in [0, 0.05) is 19.6 Å². The average molecular weight is 320 g/mol. The molecule has 0 saturated heterocycles. The highest BCUT2D eigenvalue weighted by molar-refractivity contribution is 6.06. The van der Waals surface area contributed by atoms with Crippen molar-refractivity contribution in [2.45, 2.75) is 27.3 Å².